The maximum Gasteiger partial charge on any atom is 0.437 e. The molecule has 10 heavy (non-hydrogen) atoms. The molecule has 0 aliphatic heterocycles. The van der Waals surface area contributed by atoms with Gasteiger partial charge in [-0.05, 0) is 13.4 Å². The van der Waals surface area contributed by atoms with E-state index in [4.69, 9.17) is 0 Å². The number of hydroxylamine groups is 1. The molecule has 0 unspecified atom stereocenters. The van der Waals surface area contributed by atoms with Crippen molar-refractivity contribution in [3.63, 3.8) is 0 Å². The van der Waals surface area contributed by atoms with Crippen LogP contribution in [-0.2, 0) is 33.8 Å². The van der Waals surface area contributed by atoms with E-state index < -0.39 is 6.09 Å². The molecule has 0 saturated heterocycles. The van der Waals surface area contributed by atoms with E-state index in [1.54, 1.807) is 12.4 Å². The summed E-state index contributed by atoms with van der Waals surface area (Å²) in [5.74, 6) is 0. The van der Waals surface area contributed by atoms with Crippen molar-refractivity contribution in [3.05, 3.63) is 0 Å². The van der Waals surface area contributed by atoms with E-state index in [0.717, 1.165) is 6.47 Å². The Hall–Kier alpha value is -0.637. The van der Waals surface area contributed by atoms with Crippen molar-refractivity contribution in [2.45, 2.75) is 6.92 Å². The van der Waals surface area contributed by atoms with Gasteiger partial charge in [-0.15, -0.1) is 0 Å². The van der Waals surface area contributed by atoms with Crippen molar-refractivity contribution in [2.24, 2.45) is 0 Å². The second-order valence-electron chi connectivity index (χ2n) is 1.01. The summed E-state index contributed by atoms with van der Waals surface area (Å²) in [5.41, 5.74) is 1.65. The fourth-order valence-electron chi connectivity index (χ4n) is 0.223. The summed E-state index contributed by atoms with van der Waals surface area (Å²) in [6, 6.07) is 0. The maximum absolute atomic E-state index is 10.2. The van der Waals surface area contributed by atoms with Crippen molar-refractivity contribution in [3.8, 4) is 0 Å². The van der Waals surface area contributed by atoms with Gasteiger partial charge in [0.15, 0.2) is 0 Å². The number of carbonyl (C=O) groups excluding carboxylic acids is 2. The minimum Gasteiger partial charge on any atom is -0.542 e. The van der Waals surface area contributed by atoms with Crippen LogP contribution in [-0.4, -0.2) is 19.2 Å². The molecule has 0 rings (SSSR count). The van der Waals surface area contributed by atoms with E-state index in [9.17, 15) is 9.59 Å². The molecule has 1 amide bonds. The zero-order valence-electron chi connectivity index (χ0n) is 5.55. The average molecular weight is 197 g/mol. The minimum atomic E-state index is -0.805. The number of carbonyl (C=O) groups is 1. The molecule has 0 aromatic rings. The third-order valence-corrected chi connectivity index (χ3v) is 0.451. The molecule has 1 N–H and O–H groups in total. The van der Waals surface area contributed by atoms with Crippen LogP contribution in [0, 0.1) is 0 Å². The first kappa shape index (κ1) is 12.1. The smallest absolute Gasteiger partial charge is 0.437 e. The molecule has 0 heterocycles. The van der Waals surface area contributed by atoms with Gasteiger partial charge in [-0.3, -0.25) is 0 Å². The Morgan fingerprint density at radius 2 is 2.30 bits per heavy atom. The molecule has 0 fully saturated rings. The van der Waals surface area contributed by atoms with Gasteiger partial charge in [0.1, 0.15) is 0 Å². The molecule has 0 saturated carbocycles. The Bertz CT molecular complexity index is 107. The standard InChI is InChI=1S/C4H6NO4.Zn/c1-2-8-4(7)5-9-3-6;/h2H2,1H3,(H,5,7);/q-1;. The molecular weight excluding hydrogens is 191 g/mol. The third-order valence-electron chi connectivity index (χ3n) is 0.451. The molecule has 0 bridgehead atoms. The number of hydrogen-bond acceptors (Lipinski definition) is 4. The normalized spacial score (nSPS) is 6.90. The first-order valence-corrected chi connectivity index (χ1v) is 2.27. The van der Waals surface area contributed by atoms with Crippen LogP contribution >= 0.6 is 0 Å². The molecule has 54 valence electrons. The zero-order valence-corrected chi connectivity index (χ0v) is 8.51. The summed E-state index contributed by atoms with van der Waals surface area (Å²) < 4.78 is 4.29. The second-order valence-corrected chi connectivity index (χ2v) is 1.01. The van der Waals surface area contributed by atoms with Crippen LogP contribution in [0.5, 0.6) is 0 Å². The van der Waals surface area contributed by atoms with Gasteiger partial charge in [0.2, 0.25) is 0 Å². The molecule has 0 atom stereocenters. The van der Waals surface area contributed by atoms with Crippen LogP contribution in [0.4, 0.5) is 4.79 Å². The molecule has 0 radical (unpaired) electrons. The van der Waals surface area contributed by atoms with Crippen molar-refractivity contribution in [2.75, 3.05) is 6.61 Å². The Morgan fingerprint density at radius 1 is 1.70 bits per heavy atom. The van der Waals surface area contributed by atoms with E-state index >= 15 is 0 Å². The van der Waals surface area contributed by atoms with Crippen molar-refractivity contribution in [1.29, 1.82) is 0 Å². The molecule has 0 aliphatic carbocycles. The van der Waals surface area contributed by atoms with Gasteiger partial charge in [0.25, 0.3) is 0 Å². The van der Waals surface area contributed by atoms with Crippen molar-refractivity contribution < 1.29 is 38.6 Å². The fraction of sp³-hybridized carbons (Fsp3) is 0.500. The van der Waals surface area contributed by atoms with Crippen LogP contribution < -0.4 is 5.48 Å². The Labute approximate surface area is 70.8 Å². The fourth-order valence-corrected chi connectivity index (χ4v) is 0.223. The molecule has 6 heteroatoms. The van der Waals surface area contributed by atoms with E-state index in [1.165, 1.54) is 0 Å². The first-order valence-electron chi connectivity index (χ1n) is 2.27. The topological polar surface area (TPSA) is 64.6 Å². The Kier molecular flexibility index (Phi) is 10.1. The predicted octanol–water partition coefficient (Wildman–Crippen LogP) is -0.271. The first-order chi connectivity index (χ1) is 4.31. The van der Waals surface area contributed by atoms with Crippen LogP contribution in [0.3, 0.4) is 0 Å². The SMILES string of the molecule is CCOC(=O)NO[C-]=O.[Zn]. The van der Waals surface area contributed by atoms with E-state index in [0.29, 0.717) is 0 Å². The van der Waals surface area contributed by atoms with E-state index in [2.05, 4.69) is 9.57 Å². The molecule has 0 spiro atoms. The summed E-state index contributed by atoms with van der Waals surface area (Å²) in [4.78, 5) is 23.2. The Morgan fingerprint density at radius 3 is 2.70 bits per heavy atom. The second kappa shape index (κ2) is 8.36. The van der Waals surface area contributed by atoms with Crippen LogP contribution in [0.1, 0.15) is 6.92 Å². The summed E-state index contributed by atoms with van der Waals surface area (Å²) >= 11 is 0. The van der Waals surface area contributed by atoms with Gasteiger partial charge < -0.3 is 14.4 Å². The van der Waals surface area contributed by atoms with Crippen molar-refractivity contribution >= 4 is 12.6 Å². The quantitative estimate of drug-likeness (QED) is 0.384. The van der Waals surface area contributed by atoms with Gasteiger partial charge in [-0.25, -0.2) is 4.79 Å². The van der Waals surface area contributed by atoms with Crippen LogP contribution in [0.2, 0.25) is 0 Å². The number of hydrogen-bond donors (Lipinski definition) is 1. The predicted molar refractivity (Wildman–Crippen MR) is 26.9 cm³/mol. The van der Waals surface area contributed by atoms with Gasteiger partial charge in [0, 0.05) is 19.5 Å². The third kappa shape index (κ3) is 7.36. The zero-order chi connectivity index (χ0) is 7.11. The number of amides is 1. The number of rotatable bonds is 3. The van der Waals surface area contributed by atoms with E-state index in [1.807, 2.05) is 0 Å². The Balaban J connectivity index is 0. The summed E-state index contributed by atoms with van der Waals surface area (Å²) in [5, 5.41) is 0. The van der Waals surface area contributed by atoms with Gasteiger partial charge in [0.05, 0.1) is 6.61 Å². The summed E-state index contributed by atoms with van der Waals surface area (Å²) in [7, 11) is 0. The molecule has 0 aromatic carbocycles. The average Bonchev–Trinajstić information content (AvgIpc) is 1.85. The monoisotopic (exact) mass is 196 g/mol. The van der Waals surface area contributed by atoms with Crippen LogP contribution in [0.15, 0.2) is 0 Å². The molecule has 0 aliphatic rings. The summed E-state index contributed by atoms with van der Waals surface area (Å²) in [6.07, 6.45) is -0.805. The summed E-state index contributed by atoms with van der Waals surface area (Å²) in [6.45, 7) is 2.85. The number of ether oxygens (including phenoxy) is 1. The van der Waals surface area contributed by atoms with Gasteiger partial charge in [-0.2, -0.15) is 5.48 Å². The minimum absolute atomic E-state index is 0. The molecule has 5 nitrogen and oxygen atoms in total. The van der Waals surface area contributed by atoms with E-state index in [-0.39, 0.29) is 26.1 Å². The van der Waals surface area contributed by atoms with Crippen LogP contribution in [0.25, 0.3) is 0 Å². The molecular formula is C4H6NO4Zn-. The maximum atomic E-state index is 10.2. The number of nitrogens with one attached hydrogen (secondary N) is 1. The van der Waals surface area contributed by atoms with Gasteiger partial charge in [-0.1, -0.05) is 0 Å². The molecule has 0 aromatic heterocycles. The largest absolute Gasteiger partial charge is 0.542 e. The van der Waals surface area contributed by atoms with Gasteiger partial charge >= 0.3 is 6.09 Å². The van der Waals surface area contributed by atoms with Crippen molar-refractivity contribution in [1.82, 2.24) is 5.48 Å².